The van der Waals surface area contributed by atoms with E-state index in [4.69, 9.17) is 9.73 Å². The number of guanidine groups is 1. The van der Waals surface area contributed by atoms with E-state index in [0.717, 1.165) is 44.3 Å². The van der Waals surface area contributed by atoms with Gasteiger partial charge in [-0.3, -0.25) is 9.89 Å². The Bertz CT molecular complexity index is 523. The molecule has 1 aromatic carbocycles. The predicted octanol–water partition coefficient (Wildman–Crippen LogP) is 3.19. The van der Waals surface area contributed by atoms with Crippen LogP contribution in [0.5, 0.6) is 5.75 Å². The molecule has 2 rings (SSSR count). The SMILES string of the molecule is CCNC(=NCC(c1ccc(OC)cc1)N1CCCC1)NC(C)CC. The van der Waals surface area contributed by atoms with Gasteiger partial charge < -0.3 is 15.4 Å². The Morgan fingerprint density at radius 1 is 1.20 bits per heavy atom. The monoisotopic (exact) mass is 346 g/mol. The molecule has 1 aliphatic heterocycles. The number of nitrogens with zero attached hydrogens (tertiary/aromatic N) is 2. The molecular formula is C20H34N4O. The molecular weight excluding hydrogens is 312 g/mol. The number of ether oxygens (including phenoxy) is 1. The molecule has 1 aromatic rings. The van der Waals surface area contributed by atoms with E-state index in [0.29, 0.717) is 12.1 Å². The van der Waals surface area contributed by atoms with Gasteiger partial charge in [0.25, 0.3) is 0 Å². The van der Waals surface area contributed by atoms with Crippen LogP contribution >= 0.6 is 0 Å². The normalized spacial score (nSPS) is 18.0. The predicted molar refractivity (Wildman–Crippen MR) is 105 cm³/mol. The molecule has 0 aromatic heterocycles. The lowest BCUT2D eigenvalue weighted by Crippen LogP contribution is -2.42. The van der Waals surface area contributed by atoms with Gasteiger partial charge in [-0.15, -0.1) is 0 Å². The van der Waals surface area contributed by atoms with E-state index in [1.54, 1.807) is 7.11 Å². The minimum absolute atomic E-state index is 0.320. The molecule has 0 saturated carbocycles. The van der Waals surface area contributed by atoms with E-state index >= 15 is 0 Å². The molecule has 2 unspecified atom stereocenters. The van der Waals surface area contributed by atoms with Gasteiger partial charge in [0.1, 0.15) is 5.75 Å². The van der Waals surface area contributed by atoms with E-state index in [1.807, 2.05) is 12.1 Å². The summed E-state index contributed by atoms with van der Waals surface area (Å²) in [5.41, 5.74) is 1.31. The third-order valence-electron chi connectivity index (χ3n) is 4.84. The zero-order valence-electron chi connectivity index (χ0n) is 16.2. The average molecular weight is 347 g/mol. The topological polar surface area (TPSA) is 48.9 Å². The number of aliphatic imine (C=N–C) groups is 1. The molecule has 0 spiro atoms. The number of hydrogen-bond donors (Lipinski definition) is 2. The summed E-state index contributed by atoms with van der Waals surface area (Å²) in [5, 5.41) is 6.85. The van der Waals surface area contributed by atoms with Gasteiger partial charge in [-0.1, -0.05) is 19.1 Å². The van der Waals surface area contributed by atoms with Gasteiger partial charge in [0, 0.05) is 12.6 Å². The molecule has 2 atom stereocenters. The highest BCUT2D eigenvalue weighted by molar-refractivity contribution is 5.80. The van der Waals surface area contributed by atoms with Crippen molar-refractivity contribution in [1.82, 2.24) is 15.5 Å². The molecule has 140 valence electrons. The molecule has 0 radical (unpaired) electrons. The second-order valence-corrected chi connectivity index (χ2v) is 6.71. The molecule has 5 heteroatoms. The average Bonchev–Trinajstić information content (AvgIpc) is 3.16. The number of likely N-dealkylation sites (tertiary alicyclic amines) is 1. The smallest absolute Gasteiger partial charge is 0.191 e. The van der Waals surface area contributed by atoms with Crippen molar-refractivity contribution < 1.29 is 4.74 Å². The highest BCUT2D eigenvalue weighted by Gasteiger charge is 2.23. The van der Waals surface area contributed by atoms with Crippen molar-refractivity contribution >= 4 is 5.96 Å². The molecule has 1 aliphatic rings. The van der Waals surface area contributed by atoms with Crippen LogP contribution in [0.3, 0.4) is 0 Å². The van der Waals surface area contributed by atoms with Crippen LogP contribution in [0, 0.1) is 0 Å². The van der Waals surface area contributed by atoms with Crippen molar-refractivity contribution in [2.45, 2.75) is 52.1 Å². The zero-order chi connectivity index (χ0) is 18.1. The second-order valence-electron chi connectivity index (χ2n) is 6.71. The molecule has 1 fully saturated rings. The first kappa shape index (κ1) is 19.6. The Hall–Kier alpha value is -1.75. The first-order valence-electron chi connectivity index (χ1n) is 9.60. The van der Waals surface area contributed by atoms with Crippen molar-refractivity contribution in [3.05, 3.63) is 29.8 Å². The van der Waals surface area contributed by atoms with Crippen LogP contribution in [0.2, 0.25) is 0 Å². The summed E-state index contributed by atoms with van der Waals surface area (Å²) in [7, 11) is 1.71. The van der Waals surface area contributed by atoms with Gasteiger partial charge in [-0.25, -0.2) is 0 Å². The summed E-state index contributed by atoms with van der Waals surface area (Å²) >= 11 is 0. The van der Waals surface area contributed by atoms with Crippen LogP contribution in [0.25, 0.3) is 0 Å². The van der Waals surface area contributed by atoms with Crippen molar-refractivity contribution in [2.75, 3.05) is 33.3 Å². The van der Waals surface area contributed by atoms with Crippen LogP contribution in [0.1, 0.15) is 51.6 Å². The quantitative estimate of drug-likeness (QED) is 0.561. The third kappa shape index (κ3) is 5.92. The summed E-state index contributed by atoms with van der Waals surface area (Å²) in [5.74, 6) is 1.81. The van der Waals surface area contributed by atoms with Crippen molar-refractivity contribution in [3.63, 3.8) is 0 Å². The third-order valence-corrected chi connectivity index (χ3v) is 4.84. The molecule has 1 saturated heterocycles. The van der Waals surface area contributed by atoms with Crippen LogP contribution in [0.4, 0.5) is 0 Å². The number of rotatable bonds is 8. The molecule has 5 nitrogen and oxygen atoms in total. The molecule has 0 bridgehead atoms. The fourth-order valence-corrected chi connectivity index (χ4v) is 3.14. The highest BCUT2D eigenvalue weighted by atomic mass is 16.5. The van der Waals surface area contributed by atoms with Crippen LogP contribution in [-0.4, -0.2) is 50.2 Å². The first-order chi connectivity index (χ1) is 12.2. The molecule has 2 N–H and O–H groups in total. The van der Waals surface area contributed by atoms with Gasteiger partial charge in [-0.05, 0) is 63.9 Å². The van der Waals surface area contributed by atoms with Crippen molar-refractivity contribution in [1.29, 1.82) is 0 Å². The maximum absolute atomic E-state index is 5.30. The number of hydrogen-bond acceptors (Lipinski definition) is 3. The number of methoxy groups -OCH3 is 1. The van der Waals surface area contributed by atoms with E-state index < -0.39 is 0 Å². The molecule has 25 heavy (non-hydrogen) atoms. The van der Waals surface area contributed by atoms with Gasteiger partial charge in [0.15, 0.2) is 5.96 Å². The Morgan fingerprint density at radius 2 is 1.88 bits per heavy atom. The fourth-order valence-electron chi connectivity index (χ4n) is 3.14. The lowest BCUT2D eigenvalue weighted by atomic mass is 10.1. The molecule has 0 aliphatic carbocycles. The summed E-state index contributed by atoms with van der Waals surface area (Å²) in [6, 6.07) is 9.18. The fraction of sp³-hybridized carbons (Fsp3) is 0.650. The Kier molecular flexibility index (Phi) is 8.06. The van der Waals surface area contributed by atoms with Gasteiger partial charge in [0.05, 0.1) is 19.7 Å². The van der Waals surface area contributed by atoms with Gasteiger partial charge >= 0.3 is 0 Å². The Labute approximate surface area is 152 Å². The van der Waals surface area contributed by atoms with Crippen LogP contribution in [-0.2, 0) is 0 Å². The summed E-state index contributed by atoms with van der Waals surface area (Å²) in [6.07, 6.45) is 3.64. The van der Waals surface area contributed by atoms with Crippen molar-refractivity contribution in [2.24, 2.45) is 4.99 Å². The van der Waals surface area contributed by atoms with Crippen LogP contribution < -0.4 is 15.4 Å². The van der Waals surface area contributed by atoms with E-state index in [9.17, 15) is 0 Å². The van der Waals surface area contributed by atoms with Crippen LogP contribution in [0.15, 0.2) is 29.3 Å². The Morgan fingerprint density at radius 3 is 2.44 bits per heavy atom. The zero-order valence-corrected chi connectivity index (χ0v) is 16.2. The maximum Gasteiger partial charge on any atom is 0.191 e. The minimum Gasteiger partial charge on any atom is -0.497 e. The summed E-state index contributed by atoms with van der Waals surface area (Å²) in [4.78, 5) is 7.44. The van der Waals surface area contributed by atoms with E-state index in [-0.39, 0.29) is 0 Å². The molecule has 1 heterocycles. The first-order valence-corrected chi connectivity index (χ1v) is 9.60. The summed E-state index contributed by atoms with van der Waals surface area (Å²) < 4.78 is 5.30. The lowest BCUT2D eigenvalue weighted by molar-refractivity contribution is 0.251. The second kappa shape index (κ2) is 10.3. The van der Waals surface area contributed by atoms with E-state index in [2.05, 4.69) is 48.4 Å². The van der Waals surface area contributed by atoms with Gasteiger partial charge in [-0.2, -0.15) is 0 Å². The maximum atomic E-state index is 5.30. The number of nitrogens with one attached hydrogen (secondary N) is 2. The highest BCUT2D eigenvalue weighted by Crippen LogP contribution is 2.27. The van der Waals surface area contributed by atoms with Gasteiger partial charge in [0.2, 0.25) is 0 Å². The minimum atomic E-state index is 0.320. The summed E-state index contributed by atoms with van der Waals surface area (Å²) in [6.45, 7) is 10.4. The standard InChI is InChI=1S/C20H34N4O/c1-5-16(3)23-20(21-6-2)22-15-19(24-13-7-8-14-24)17-9-11-18(25-4)12-10-17/h9-12,16,19H,5-8,13-15H2,1-4H3,(H2,21,22,23). The van der Waals surface area contributed by atoms with E-state index in [1.165, 1.54) is 18.4 Å². The lowest BCUT2D eigenvalue weighted by Gasteiger charge is -2.27. The molecule has 0 amide bonds. The Balaban J connectivity index is 2.14. The van der Waals surface area contributed by atoms with Crippen molar-refractivity contribution in [3.8, 4) is 5.75 Å². The largest absolute Gasteiger partial charge is 0.497 e. The number of benzene rings is 1.